The summed E-state index contributed by atoms with van der Waals surface area (Å²) in [6.07, 6.45) is -4.49. The molecule has 3 aromatic rings. The molecule has 0 atom stereocenters. The van der Waals surface area contributed by atoms with Crippen LogP contribution in [0.1, 0.15) is 31.1 Å². The average Bonchev–Trinajstić information content (AvgIpc) is 2.90. The third-order valence-corrected chi connectivity index (χ3v) is 4.02. The van der Waals surface area contributed by atoms with Crippen LogP contribution in [0.15, 0.2) is 30.3 Å². The van der Waals surface area contributed by atoms with Crippen molar-refractivity contribution < 1.29 is 17.9 Å². The van der Waals surface area contributed by atoms with Gasteiger partial charge in [-0.15, -0.1) is 0 Å². The van der Waals surface area contributed by atoms with Crippen LogP contribution in [0.25, 0.3) is 22.3 Å². The fourth-order valence-corrected chi connectivity index (χ4v) is 2.81. The number of nitrogens with zero attached hydrogens (tertiary/aromatic N) is 3. The Bertz CT molecular complexity index is 912. The second-order valence-corrected chi connectivity index (χ2v) is 6.10. The zero-order valence-corrected chi connectivity index (χ0v) is 14.3. The van der Waals surface area contributed by atoms with Crippen LogP contribution in [0.5, 0.6) is 5.75 Å². The summed E-state index contributed by atoms with van der Waals surface area (Å²) in [5.74, 6) is 0.629. The second kappa shape index (κ2) is 6.06. The summed E-state index contributed by atoms with van der Waals surface area (Å²) in [5, 5.41) is 4.31. The standard InChI is InChI=1S/C18H18F3N3O/c1-10(2)24-17-16(11(3)23-24)14(18(19,20)21)9-15(22-17)12-5-7-13(25-4)8-6-12/h5-10H,1-4H3. The van der Waals surface area contributed by atoms with Crippen LogP contribution in [0.3, 0.4) is 0 Å². The van der Waals surface area contributed by atoms with E-state index >= 15 is 0 Å². The van der Waals surface area contributed by atoms with Gasteiger partial charge in [-0.1, -0.05) is 0 Å². The van der Waals surface area contributed by atoms with E-state index in [4.69, 9.17) is 4.74 Å². The van der Waals surface area contributed by atoms with Crippen molar-refractivity contribution in [3.63, 3.8) is 0 Å². The van der Waals surface area contributed by atoms with E-state index < -0.39 is 11.7 Å². The first-order valence-corrected chi connectivity index (χ1v) is 7.84. The van der Waals surface area contributed by atoms with E-state index in [-0.39, 0.29) is 22.8 Å². The predicted molar refractivity (Wildman–Crippen MR) is 89.6 cm³/mol. The highest BCUT2D eigenvalue weighted by Gasteiger charge is 2.35. The zero-order valence-electron chi connectivity index (χ0n) is 14.3. The van der Waals surface area contributed by atoms with Gasteiger partial charge in [0.15, 0.2) is 5.65 Å². The lowest BCUT2D eigenvalue weighted by atomic mass is 10.0. The molecule has 0 saturated heterocycles. The number of ether oxygens (including phenoxy) is 1. The lowest BCUT2D eigenvalue weighted by Gasteiger charge is -2.13. The van der Waals surface area contributed by atoms with Crippen LogP contribution in [0.2, 0.25) is 0 Å². The fraction of sp³-hybridized carbons (Fsp3) is 0.333. The molecule has 0 aliphatic heterocycles. The topological polar surface area (TPSA) is 39.9 Å². The van der Waals surface area contributed by atoms with Crippen LogP contribution in [-0.2, 0) is 6.18 Å². The number of pyridine rings is 1. The maximum atomic E-state index is 13.6. The number of methoxy groups -OCH3 is 1. The second-order valence-electron chi connectivity index (χ2n) is 6.10. The summed E-state index contributed by atoms with van der Waals surface area (Å²) >= 11 is 0. The Morgan fingerprint density at radius 2 is 1.76 bits per heavy atom. The van der Waals surface area contributed by atoms with Gasteiger partial charge in [0, 0.05) is 11.6 Å². The first-order valence-electron chi connectivity index (χ1n) is 7.84. The van der Waals surface area contributed by atoms with E-state index in [9.17, 15) is 13.2 Å². The number of rotatable bonds is 3. The third-order valence-electron chi connectivity index (χ3n) is 4.02. The Kier molecular flexibility index (Phi) is 4.18. The molecule has 0 radical (unpaired) electrons. The van der Waals surface area contributed by atoms with Crippen molar-refractivity contribution in [2.24, 2.45) is 0 Å². The van der Waals surface area contributed by atoms with Crippen molar-refractivity contribution in [2.75, 3.05) is 7.11 Å². The molecule has 132 valence electrons. The Morgan fingerprint density at radius 3 is 2.28 bits per heavy atom. The number of halogens is 3. The number of hydrogen-bond donors (Lipinski definition) is 0. The Morgan fingerprint density at radius 1 is 1.12 bits per heavy atom. The van der Waals surface area contributed by atoms with E-state index in [0.717, 1.165) is 6.07 Å². The summed E-state index contributed by atoms with van der Waals surface area (Å²) in [4.78, 5) is 4.48. The van der Waals surface area contributed by atoms with Gasteiger partial charge in [-0.05, 0) is 51.1 Å². The molecule has 0 amide bonds. The van der Waals surface area contributed by atoms with Gasteiger partial charge in [0.2, 0.25) is 0 Å². The van der Waals surface area contributed by atoms with E-state index in [1.165, 1.54) is 11.8 Å². The van der Waals surface area contributed by atoms with Gasteiger partial charge in [0.25, 0.3) is 0 Å². The van der Waals surface area contributed by atoms with Crippen molar-refractivity contribution in [1.29, 1.82) is 0 Å². The Labute approximate surface area is 143 Å². The lowest BCUT2D eigenvalue weighted by Crippen LogP contribution is -2.09. The van der Waals surface area contributed by atoms with Gasteiger partial charge in [-0.25, -0.2) is 9.67 Å². The lowest BCUT2D eigenvalue weighted by molar-refractivity contribution is -0.136. The van der Waals surface area contributed by atoms with Crippen LogP contribution >= 0.6 is 0 Å². The minimum Gasteiger partial charge on any atom is -0.497 e. The molecule has 1 aromatic carbocycles. The predicted octanol–water partition coefficient (Wildman–Crippen LogP) is 5.02. The minimum absolute atomic E-state index is 0.0541. The van der Waals surface area contributed by atoms with Crippen molar-refractivity contribution in [2.45, 2.75) is 33.0 Å². The molecule has 0 spiro atoms. The van der Waals surface area contributed by atoms with Crippen molar-refractivity contribution >= 4 is 11.0 Å². The average molecular weight is 349 g/mol. The van der Waals surface area contributed by atoms with E-state index in [2.05, 4.69) is 10.1 Å². The van der Waals surface area contributed by atoms with Gasteiger partial charge in [-0.3, -0.25) is 0 Å². The van der Waals surface area contributed by atoms with E-state index in [0.29, 0.717) is 17.0 Å². The third kappa shape index (κ3) is 3.06. The number of benzene rings is 1. The molecule has 0 fully saturated rings. The molecule has 0 aliphatic rings. The first-order chi connectivity index (χ1) is 11.7. The quantitative estimate of drug-likeness (QED) is 0.667. The van der Waals surface area contributed by atoms with Crippen LogP contribution in [-0.4, -0.2) is 21.9 Å². The summed E-state index contributed by atoms with van der Waals surface area (Å²) in [5.41, 5.74) is 0.692. The fourth-order valence-electron chi connectivity index (χ4n) is 2.81. The molecule has 0 bridgehead atoms. The molecule has 7 heteroatoms. The molecule has 0 unspecified atom stereocenters. The molecular weight excluding hydrogens is 331 g/mol. The molecule has 2 heterocycles. The molecule has 25 heavy (non-hydrogen) atoms. The minimum atomic E-state index is -4.49. The summed E-state index contributed by atoms with van der Waals surface area (Å²) in [6, 6.07) is 7.75. The Hall–Kier alpha value is -2.57. The van der Waals surface area contributed by atoms with Gasteiger partial charge in [0.1, 0.15) is 5.75 Å². The van der Waals surface area contributed by atoms with Crippen molar-refractivity contribution in [3.05, 3.63) is 41.6 Å². The molecule has 3 rings (SSSR count). The molecule has 0 N–H and O–H groups in total. The van der Waals surface area contributed by atoms with Crippen molar-refractivity contribution in [3.8, 4) is 17.0 Å². The van der Waals surface area contributed by atoms with Crippen LogP contribution in [0.4, 0.5) is 13.2 Å². The maximum absolute atomic E-state index is 13.6. The first kappa shape index (κ1) is 17.3. The molecule has 4 nitrogen and oxygen atoms in total. The summed E-state index contributed by atoms with van der Waals surface area (Å²) in [7, 11) is 1.53. The molecule has 2 aromatic heterocycles. The highest BCUT2D eigenvalue weighted by Crippen LogP contribution is 2.38. The van der Waals surface area contributed by atoms with Crippen molar-refractivity contribution in [1.82, 2.24) is 14.8 Å². The highest BCUT2D eigenvalue weighted by molar-refractivity contribution is 5.86. The van der Waals surface area contributed by atoms with Gasteiger partial charge >= 0.3 is 6.18 Å². The zero-order chi connectivity index (χ0) is 18.4. The number of hydrogen-bond acceptors (Lipinski definition) is 3. The maximum Gasteiger partial charge on any atom is 0.417 e. The summed E-state index contributed by atoms with van der Waals surface area (Å²) < 4.78 is 47.5. The highest BCUT2D eigenvalue weighted by atomic mass is 19.4. The molecule has 0 aliphatic carbocycles. The smallest absolute Gasteiger partial charge is 0.417 e. The molecular formula is C18H18F3N3O. The Balaban J connectivity index is 2.31. The van der Waals surface area contributed by atoms with Gasteiger partial charge < -0.3 is 4.74 Å². The SMILES string of the molecule is COc1ccc(-c2cc(C(F)(F)F)c3c(C)nn(C(C)C)c3n2)cc1. The van der Waals surface area contributed by atoms with Gasteiger partial charge in [-0.2, -0.15) is 18.3 Å². The van der Waals surface area contributed by atoms with Crippen LogP contribution < -0.4 is 4.74 Å². The number of fused-ring (bicyclic) bond motifs is 1. The van der Waals surface area contributed by atoms with E-state index in [1.54, 1.807) is 31.2 Å². The number of aryl methyl sites for hydroxylation is 1. The summed E-state index contributed by atoms with van der Waals surface area (Å²) in [6.45, 7) is 5.30. The normalized spacial score (nSPS) is 12.2. The largest absolute Gasteiger partial charge is 0.497 e. The molecule has 0 saturated carbocycles. The van der Waals surface area contributed by atoms with Crippen LogP contribution in [0, 0.1) is 6.92 Å². The number of alkyl halides is 3. The van der Waals surface area contributed by atoms with Gasteiger partial charge in [0.05, 0.1) is 29.4 Å². The van der Waals surface area contributed by atoms with E-state index in [1.807, 2.05) is 13.8 Å². The monoisotopic (exact) mass is 349 g/mol. The number of aromatic nitrogens is 3.